The summed E-state index contributed by atoms with van der Waals surface area (Å²) in [6.45, 7) is 7.79. The molecular formula is C33H43N5O4. The highest BCUT2D eigenvalue weighted by molar-refractivity contribution is 5.94. The van der Waals surface area contributed by atoms with Gasteiger partial charge in [0.05, 0.1) is 6.04 Å². The summed E-state index contributed by atoms with van der Waals surface area (Å²) < 4.78 is 6.39. The normalized spacial score (nSPS) is 21.0. The zero-order valence-electron chi connectivity index (χ0n) is 25.3. The number of fused-ring (bicyclic) bond motifs is 11. The molecule has 0 aliphatic carbocycles. The molecule has 9 nitrogen and oxygen atoms in total. The van der Waals surface area contributed by atoms with Crippen LogP contribution in [0, 0.1) is 11.8 Å². The van der Waals surface area contributed by atoms with Crippen molar-refractivity contribution in [2.24, 2.45) is 11.8 Å². The maximum absolute atomic E-state index is 14.0. The van der Waals surface area contributed by atoms with Crippen molar-refractivity contribution in [3.63, 3.8) is 0 Å². The third kappa shape index (κ3) is 7.20. The second-order valence-electron chi connectivity index (χ2n) is 11.6. The number of likely N-dealkylation sites (N-methyl/N-ethyl adjacent to an activating group) is 1. The number of para-hydroxylation sites is 1. The first-order valence-electron chi connectivity index (χ1n) is 14.6. The number of H-pyrrole nitrogens is 1. The highest BCUT2D eigenvalue weighted by Crippen LogP contribution is 2.23. The van der Waals surface area contributed by atoms with E-state index in [0.717, 1.165) is 22.0 Å². The minimum Gasteiger partial charge on any atom is -0.487 e. The second kappa shape index (κ2) is 13.7. The van der Waals surface area contributed by atoms with E-state index < -0.39 is 30.1 Å². The number of aromatic nitrogens is 1. The summed E-state index contributed by atoms with van der Waals surface area (Å²) in [5, 5.41) is 9.84. The van der Waals surface area contributed by atoms with Crippen LogP contribution in [0.15, 0.2) is 60.9 Å². The molecule has 2 aliphatic rings. The van der Waals surface area contributed by atoms with Gasteiger partial charge in [-0.2, -0.15) is 0 Å². The van der Waals surface area contributed by atoms with Gasteiger partial charge in [0.2, 0.25) is 17.7 Å². The molecule has 0 saturated heterocycles. The molecule has 224 valence electrons. The Kier molecular flexibility index (Phi) is 10.1. The number of benzene rings is 2. The lowest BCUT2D eigenvalue weighted by atomic mass is 9.94. The van der Waals surface area contributed by atoms with Gasteiger partial charge in [0.1, 0.15) is 23.9 Å². The van der Waals surface area contributed by atoms with E-state index in [1.807, 2.05) is 101 Å². The van der Waals surface area contributed by atoms with Crippen molar-refractivity contribution in [3.8, 4) is 5.75 Å². The van der Waals surface area contributed by atoms with Gasteiger partial charge in [-0.25, -0.2) is 0 Å². The molecule has 5 rings (SSSR count). The van der Waals surface area contributed by atoms with Crippen LogP contribution in [-0.4, -0.2) is 65.9 Å². The van der Waals surface area contributed by atoms with Crippen molar-refractivity contribution in [2.75, 3.05) is 14.1 Å². The van der Waals surface area contributed by atoms with Crippen LogP contribution in [0.25, 0.3) is 17.0 Å². The lowest BCUT2D eigenvalue weighted by Crippen LogP contribution is -2.62. The Hall–Kier alpha value is -4.11. The highest BCUT2D eigenvalue weighted by Gasteiger charge is 2.38. The fourth-order valence-corrected chi connectivity index (χ4v) is 5.22. The Morgan fingerprint density at radius 1 is 1.02 bits per heavy atom. The van der Waals surface area contributed by atoms with Gasteiger partial charge in [-0.1, -0.05) is 64.4 Å². The minimum absolute atomic E-state index is 0.139. The lowest BCUT2D eigenvalue weighted by molar-refractivity contribution is -0.136. The summed E-state index contributed by atoms with van der Waals surface area (Å²) in [6.07, 6.45) is 5.72. The molecule has 0 saturated carbocycles. The van der Waals surface area contributed by atoms with Gasteiger partial charge in [-0.15, -0.1) is 0 Å². The van der Waals surface area contributed by atoms with Gasteiger partial charge >= 0.3 is 0 Å². The molecule has 2 aliphatic heterocycles. The van der Waals surface area contributed by atoms with Crippen molar-refractivity contribution >= 4 is 34.7 Å². The molecule has 9 heteroatoms. The molecular weight excluding hydrogens is 530 g/mol. The van der Waals surface area contributed by atoms with Gasteiger partial charge in [-0.3, -0.25) is 19.3 Å². The number of rotatable bonds is 8. The standard InChI is InChI=1S/C33H43N5O4/c1-7-21(4)28-32(40)34-17-16-22-12-14-24(15-13-22)42-30(20(2)3)29(33(41)36-28)37-31(39)27(38(5)6)18-23-19-35-26-11-9-8-10-25(23)26/h8-17,19-21,27-30,35H,7,18H2,1-6H3,(H,34,40)(H,36,41)(H,37,39). The van der Waals surface area contributed by atoms with Crippen LogP contribution in [-0.2, 0) is 20.8 Å². The number of aromatic amines is 1. The first-order chi connectivity index (χ1) is 20.1. The smallest absolute Gasteiger partial charge is 0.247 e. The Morgan fingerprint density at radius 3 is 2.40 bits per heavy atom. The number of nitrogens with zero attached hydrogens (tertiary/aromatic N) is 1. The molecule has 5 atom stereocenters. The molecule has 42 heavy (non-hydrogen) atoms. The molecule has 5 unspecified atom stereocenters. The summed E-state index contributed by atoms with van der Waals surface area (Å²) in [4.78, 5) is 46.3. The molecule has 0 radical (unpaired) electrons. The van der Waals surface area contributed by atoms with Crippen LogP contribution in [0.2, 0.25) is 0 Å². The zero-order valence-corrected chi connectivity index (χ0v) is 25.3. The molecule has 2 bridgehead atoms. The van der Waals surface area contributed by atoms with E-state index in [4.69, 9.17) is 4.74 Å². The number of carbonyl (C=O) groups is 3. The first-order valence-corrected chi connectivity index (χ1v) is 14.6. The van der Waals surface area contributed by atoms with Crippen molar-refractivity contribution in [2.45, 2.75) is 64.8 Å². The Labute approximate surface area is 248 Å². The van der Waals surface area contributed by atoms with Gasteiger partial charge in [-0.05, 0) is 67.8 Å². The maximum Gasteiger partial charge on any atom is 0.247 e. The third-order valence-corrected chi connectivity index (χ3v) is 8.03. The molecule has 3 aromatic rings. The van der Waals surface area contributed by atoms with Crippen LogP contribution < -0.4 is 20.7 Å². The predicted octanol–water partition coefficient (Wildman–Crippen LogP) is 3.86. The average molecular weight is 574 g/mol. The summed E-state index contributed by atoms with van der Waals surface area (Å²) >= 11 is 0. The number of hydrogen-bond acceptors (Lipinski definition) is 5. The van der Waals surface area contributed by atoms with Gasteiger partial charge < -0.3 is 25.7 Å². The van der Waals surface area contributed by atoms with Crippen LogP contribution in [0.4, 0.5) is 0 Å². The SMILES string of the molecule is CCC(C)C1NC(=O)C(NC(=O)C(Cc2c[nH]c3ccccc23)N(C)C)C(C(C)C)Oc2ccc(cc2)C=CNC1=O. The van der Waals surface area contributed by atoms with Crippen LogP contribution >= 0.6 is 0 Å². The van der Waals surface area contributed by atoms with Gasteiger partial charge in [0, 0.05) is 23.3 Å². The molecule has 1 aromatic heterocycles. The van der Waals surface area contributed by atoms with Crippen molar-refractivity contribution < 1.29 is 19.1 Å². The van der Waals surface area contributed by atoms with E-state index in [1.165, 1.54) is 0 Å². The molecule has 2 aromatic carbocycles. The van der Waals surface area contributed by atoms with E-state index in [9.17, 15) is 14.4 Å². The van der Waals surface area contributed by atoms with Crippen molar-refractivity contribution in [1.82, 2.24) is 25.8 Å². The summed E-state index contributed by atoms with van der Waals surface area (Å²) in [5.74, 6) is -0.787. The topological polar surface area (TPSA) is 116 Å². The molecule has 0 fully saturated rings. The molecule has 0 spiro atoms. The van der Waals surface area contributed by atoms with Crippen LogP contribution in [0.5, 0.6) is 5.75 Å². The van der Waals surface area contributed by atoms with E-state index in [0.29, 0.717) is 18.6 Å². The fourth-order valence-electron chi connectivity index (χ4n) is 5.22. The van der Waals surface area contributed by atoms with Crippen molar-refractivity contribution in [1.29, 1.82) is 0 Å². The number of carbonyl (C=O) groups excluding carboxylic acids is 3. The van der Waals surface area contributed by atoms with E-state index in [-0.39, 0.29) is 23.7 Å². The third-order valence-electron chi connectivity index (χ3n) is 8.03. The Balaban J connectivity index is 1.69. The summed E-state index contributed by atoms with van der Waals surface area (Å²) in [6, 6.07) is 13.0. The van der Waals surface area contributed by atoms with Crippen molar-refractivity contribution in [3.05, 3.63) is 72.1 Å². The van der Waals surface area contributed by atoms with Gasteiger partial charge in [0.15, 0.2) is 0 Å². The zero-order chi connectivity index (χ0) is 30.4. The quantitative estimate of drug-likeness (QED) is 0.327. The fraction of sp³-hybridized carbons (Fsp3) is 0.424. The Bertz CT molecular complexity index is 1410. The highest BCUT2D eigenvalue weighted by atomic mass is 16.5. The van der Waals surface area contributed by atoms with E-state index in [2.05, 4.69) is 20.9 Å². The summed E-state index contributed by atoms with van der Waals surface area (Å²) in [5.41, 5.74) is 2.90. The lowest BCUT2D eigenvalue weighted by Gasteiger charge is -2.34. The molecule has 3 heterocycles. The minimum atomic E-state index is -1.06. The first kappa shape index (κ1) is 30.8. The number of nitrogens with one attached hydrogen (secondary N) is 4. The monoisotopic (exact) mass is 573 g/mol. The maximum atomic E-state index is 14.0. The number of ether oxygens (including phenoxy) is 1. The number of hydrogen-bond donors (Lipinski definition) is 4. The predicted molar refractivity (Wildman–Crippen MR) is 166 cm³/mol. The van der Waals surface area contributed by atoms with Gasteiger partial charge in [0.25, 0.3) is 0 Å². The van der Waals surface area contributed by atoms with Crippen LogP contribution in [0.3, 0.4) is 0 Å². The summed E-state index contributed by atoms with van der Waals surface area (Å²) in [7, 11) is 3.70. The largest absolute Gasteiger partial charge is 0.487 e. The second-order valence-corrected chi connectivity index (χ2v) is 11.6. The van der Waals surface area contributed by atoms with E-state index >= 15 is 0 Å². The number of amides is 3. The van der Waals surface area contributed by atoms with Crippen LogP contribution in [0.1, 0.15) is 45.2 Å². The average Bonchev–Trinajstić information content (AvgIpc) is 3.38. The Morgan fingerprint density at radius 2 is 1.74 bits per heavy atom. The molecule has 4 N–H and O–H groups in total. The van der Waals surface area contributed by atoms with E-state index in [1.54, 1.807) is 12.3 Å². The molecule has 3 amide bonds.